The molecule has 150 valence electrons. The lowest BCUT2D eigenvalue weighted by atomic mass is 10.2. The largest absolute Gasteiger partial charge is 0.460 e. The Hall–Kier alpha value is -2.57. The lowest BCUT2D eigenvalue weighted by Crippen LogP contribution is -2.42. The molecule has 0 aliphatic carbocycles. The van der Waals surface area contributed by atoms with Gasteiger partial charge in [-0.2, -0.15) is 0 Å². The first-order valence-electron chi connectivity index (χ1n) is 8.80. The third-order valence-corrected chi connectivity index (χ3v) is 3.00. The standard InChI is InChI=1S/C20H29NO6/c1-19(2,3)26-16(22)12-13-21(18(24)27-20(4,5)6)17(23)25-14-15-10-8-7-9-11-15/h7-11H,12-14H2,1-6H3. The van der Waals surface area contributed by atoms with Crippen molar-refractivity contribution >= 4 is 18.2 Å². The fourth-order valence-corrected chi connectivity index (χ4v) is 1.97. The van der Waals surface area contributed by atoms with Crippen molar-refractivity contribution in [2.24, 2.45) is 0 Å². The number of esters is 1. The monoisotopic (exact) mass is 379 g/mol. The highest BCUT2D eigenvalue weighted by Crippen LogP contribution is 2.14. The van der Waals surface area contributed by atoms with Crippen LogP contribution in [-0.2, 0) is 25.6 Å². The molecule has 7 heteroatoms. The number of hydrogen-bond acceptors (Lipinski definition) is 6. The number of amides is 2. The van der Waals surface area contributed by atoms with Crippen molar-refractivity contribution in [1.82, 2.24) is 4.90 Å². The number of carbonyl (C=O) groups excluding carboxylic acids is 3. The number of imide groups is 1. The molecule has 2 amide bonds. The van der Waals surface area contributed by atoms with Gasteiger partial charge in [0.15, 0.2) is 0 Å². The second kappa shape index (κ2) is 9.39. The second-order valence-corrected chi connectivity index (χ2v) is 8.01. The molecule has 0 saturated heterocycles. The molecule has 1 aromatic rings. The molecule has 0 N–H and O–H groups in total. The molecule has 0 heterocycles. The van der Waals surface area contributed by atoms with Crippen LogP contribution in [0, 0.1) is 0 Å². The van der Waals surface area contributed by atoms with Crippen LogP contribution in [-0.4, -0.2) is 40.8 Å². The van der Waals surface area contributed by atoms with Gasteiger partial charge in [0.2, 0.25) is 0 Å². The van der Waals surface area contributed by atoms with Gasteiger partial charge in [-0.05, 0) is 47.1 Å². The molecular weight excluding hydrogens is 350 g/mol. The van der Waals surface area contributed by atoms with Crippen LogP contribution in [0.4, 0.5) is 9.59 Å². The summed E-state index contributed by atoms with van der Waals surface area (Å²) < 4.78 is 15.6. The van der Waals surface area contributed by atoms with Gasteiger partial charge in [0.1, 0.15) is 17.8 Å². The number of benzene rings is 1. The topological polar surface area (TPSA) is 82.1 Å². The van der Waals surface area contributed by atoms with Gasteiger partial charge >= 0.3 is 18.2 Å². The van der Waals surface area contributed by atoms with Crippen molar-refractivity contribution in [2.45, 2.75) is 65.8 Å². The quantitative estimate of drug-likeness (QED) is 0.561. The Bertz CT molecular complexity index is 643. The molecule has 0 aromatic heterocycles. The van der Waals surface area contributed by atoms with E-state index in [0.29, 0.717) is 0 Å². The molecule has 0 spiro atoms. The number of rotatable bonds is 5. The smallest absolute Gasteiger partial charge is 0.419 e. The number of nitrogens with zero attached hydrogens (tertiary/aromatic N) is 1. The predicted octanol–water partition coefficient (Wildman–Crippen LogP) is 4.29. The first kappa shape index (κ1) is 22.5. The summed E-state index contributed by atoms with van der Waals surface area (Å²) in [6, 6.07) is 9.07. The van der Waals surface area contributed by atoms with Crippen LogP contribution >= 0.6 is 0 Å². The summed E-state index contributed by atoms with van der Waals surface area (Å²) >= 11 is 0. The Kier molecular flexibility index (Phi) is 7.82. The van der Waals surface area contributed by atoms with Crippen LogP contribution in [0.5, 0.6) is 0 Å². The van der Waals surface area contributed by atoms with Gasteiger partial charge in [-0.15, -0.1) is 0 Å². The zero-order valence-electron chi connectivity index (χ0n) is 16.9. The Morgan fingerprint density at radius 1 is 0.852 bits per heavy atom. The van der Waals surface area contributed by atoms with Gasteiger partial charge in [0, 0.05) is 6.54 Å². The summed E-state index contributed by atoms with van der Waals surface area (Å²) in [5.74, 6) is -0.521. The van der Waals surface area contributed by atoms with E-state index in [1.54, 1.807) is 53.7 Å². The van der Waals surface area contributed by atoms with Crippen molar-refractivity contribution in [2.75, 3.05) is 6.54 Å². The van der Waals surface area contributed by atoms with Crippen LogP contribution in [0.25, 0.3) is 0 Å². The predicted molar refractivity (Wildman–Crippen MR) is 100 cm³/mol. The van der Waals surface area contributed by atoms with E-state index in [1.165, 1.54) is 0 Å². The van der Waals surface area contributed by atoms with Crippen LogP contribution in [0.1, 0.15) is 53.5 Å². The number of carbonyl (C=O) groups is 3. The molecular formula is C20H29NO6. The van der Waals surface area contributed by atoms with E-state index in [0.717, 1.165) is 10.5 Å². The first-order valence-corrected chi connectivity index (χ1v) is 8.80. The highest BCUT2D eigenvalue weighted by Gasteiger charge is 2.29. The molecule has 27 heavy (non-hydrogen) atoms. The third-order valence-electron chi connectivity index (χ3n) is 3.00. The molecule has 7 nitrogen and oxygen atoms in total. The van der Waals surface area contributed by atoms with Crippen molar-refractivity contribution in [3.05, 3.63) is 35.9 Å². The van der Waals surface area contributed by atoms with Gasteiger partial charge in [-0.3, -0.25) is 4.79 Å². The highest BCUT2D eigenvalue weighted by atomic mass is 16.6. The maximum absolute atomic E-state index is 12.4. The number of ether oxygens (including phenoxy) is 3. The van der Waals surface area contributed by atoms with E-state index in [2.05, 4.69) is 0 Å². The zero-order chi connectivity index (χ0) is 20.7. The van der Waals surface area contributed by atoms with E-state index in [9.17, 15) is 14.4 Å². The SMILES string of the molecule is CC(C)(C)OC(=O)CCN(C(=O)OCc1ccccc1)C(=O)OC(C)(C)C. The van der Waals surface area contributed by atoms with Crippen molar-refractivity contribution in [1.29, 1.82) is 0 Å². The van der Waals surface area contributed by atoms with Crippen molar-refractivity contribution in [3.8, 4) is 0 Å². The zero-order valence-corrected chi connectivity index (χ0v) is 16.9. The molecule has 0 aliphatic rings. The fraction of sp³-hybridized carbons (Fsp3) is 0.550. The van der Waals surface area contributed by atoms with E-state index >= 15 is 0 Å². The molecule has 1 aromatic carbocycles. The van der Waals surface area contributed by atoms with Gasteiger partial charge in [-0.25, -0.2) is 14.5 Å². The van der Waals surface area contributed by atoms with Gasteiger partial charge in [-0.1, -0.05) is 30.3 Å². The minimum absolute atomic E-state index is 0.00537. The van der Waals surface area contributed by atoms with E-state index in [4.69, 9.17) is 14.2 Å². The minimum Gasteiger partial charge on any atom is -0.460 e. The Labute approximate surface area is 160 Å². The maximum Gasteiger partial charge on any atom is 0.419 e. The van der Waals surface area contributed by atoms with Gasteiger partial charge < -0.3 is 14.2 Å². The Morgan fingerprint density at radius 3 is 1.93 bits per heavy atom. The average molecular weight is 379 g/mol. The van der Waals surface area contributed by atoms with E-state index < -0.39 is 29.4 Å². The maximum atomic E-state index is 12.4. The first-order chi connectivity index (χ1) is 12.4. The van der Waals surface area contributed by atoms with E-state index in [1.807, 2.05) is 18.2 Å². The molecule has 0 bridgehead atoms. The van der Waals surface area contributed by atoms with Gasteiger partial charge in [0.05, 0.1) is 6.42 Å². The van der Waals surface area contributed by atoms with Crippen LogP contribution in [0.15, 0.2) is 30.3 Å². The van der Waals surface area contributed by atoms with Gasteiger partial charge in [0.25, 0.3) is 0 Å². The highest BCUT2D eigenvalue weighted by molar-refractivity contribution is 5.88. The summed E-state index contributed by atoms with van der Waals surface area (Å²) in [5, 5.41) is 0. The fourth-order valence-electron chi connectivity index (χ4n) is 1.97. The minimum atomic E-state index is -0.878. The lowest BCUT2D eigenvalue weighted by Gasteiger charge is -2.26. The van der Waals surface area contributed by atoms with E-state index in [-0.39, 0.29) is 19.6 Å². The third kappa shape index (κ3) is 9.63. The molecule has 0 atom stereocenters. The van der Waals surface area contributed by atoms with Crippen LogP contribution < -0.4 is 0 Å². The Morgan fingerprint density at radius 2 is 1.41 bits per heavy atom. The normalized spacial score (nSPS) is 11.5. The molecule has 0 unspecified atom stereocenters. The molecule has 0 aliphatic heterocycles. The summed E-state index contributed by atoms with van der Waals surface area (Å²) in [4.78, 5) is 37.4. The Balaban J connectivity index is 2.75. The molecule has 0 radical (unpaired) electrons. The summed E-state index contributed by atoms with van der Waals surface area (Å²) in [7, 11) is 0. The number of hydrogen-bond donors (Lipinski definition) is 0. The second-order valence-electron chi connectivity index (χ2n) is 8.01. The van der Waals surface area contributed by atoms with Crippen molar-refractivity contribution < 1.29 is 28.6 Å². The van der Waals surface area contributed by atoms with Crippen molar-refractivity contribution in [3.63, 3.8) is 0 Å². The molecule has 0 fully saturated rings. The molecule has 0 saturated carbocycles. The summed E-state index contributed by atoms with van der Waals surface area (Å²) in [5.41, 5.74) is -0.662. The van der Waals surface area contributed by atoms with Crippen LogP contribution in [0.3, 0.4) is 0 Å². The summed E-state index contributed by atoms with van der Waals surface area (Å²) in [6.45, 7) is 10.1. The molecule has 1 rings (SSSR count). The summed E-state index contributed by atoms with van der Waals surface area (Å²) in [6.07, 6.45) is -1.91. The lowest BCUT2D eigenvalue weighted by molar-refractivity contribution is -0.154. The van der Waals surface area contributed by atoms with Crippen LogP contribution in [0.2, 0.25) is 0 Å². The average Bonchev–Trinajstić information content (AvgIpc) is 2.50.